The van der Waals surface area contributed by atoms with Crippen LogP contribution in [0, 0.1) is 5.82 Å². The summed E-state index contributed by atoms with van der Waals surface area (Å²) in [6.45, 7) is 2.11. The van der Waals surface area contributed by atoms with Gasteiger partial charge in [0, 0.05) is 26.6 Å². The van der Waals surface area contributed by atoms with Crippen molar-refractivity contribution in [3.05, 3.63) is 89.2 Å². The fraction of sp³-hybridized carbons (Fsp3) is 0.0909. The average Bonchev–Trinajstić information content (AvgIpc) is 2.69. The molecular weight excluding hydrogens is 379 g/mol. The number of thioether (sulfide) groups is 1. The summed E-state index contributed by atoms with van der Waals surface area (Å²) in [6.07, 6.45) is 0. The Hall–Kier alpha value is -2.43. The third-order valence-corrected chi connectivity index (χ3v) is 5.88. The molecule has 0 aliphatic heterocycles. The first-order valence-corrected chi connectivity index (χ1v) is 9.81. The van der Waals surface area contributed by atoms with E-state index in [0.717, 1.165) is 37.6 Å². The molecule has 27 heavy (non-hydrogen) atoms. The Morgan fingerprint density at radius 2 is 1.52 bits per heavy atom. The maximum atomic E-state index is 13.3. The zero-order valence-corrected chi connectivity index (χ0v) is 16.1. The Balaban J connectivity index is 1.76. The number of fused-ring (bicyclic) bond motifs is 1. The van der Waals surface area contributed by atoms with Gasteiger partial charge in [0.1, 0.15) is 16.5 Å². The number of aromatic nitrogens is 2. The molecule has 0 amide bonds. The summed E-state index contributed by atoms with van der Waals surface area (Å²) in [5.41, 5.74) is 2.66. The summed E-state index contributed by atoms with van der Waals surface area (Å²) in [6, 6.07) is 22.2. The summed E-state index contributed by atoms with van der Waals surface area (Å²) < 4.78 is 13.3. The standard InChI is InChI=1S/C22H16ClFN2S/c1-14(17-6-4-5-9-20(17)23)27-22-19-8-3-2-7-18(19)21(25-26-22)15-10-12-16(24)13-11-15/h2-14H,1H3/t14-/m0/s1. The Morgan fingerprint density at radius 1 is 0.852 bits per heavy atom. The Morgan fingerprint density at radius 3 is 2.26 bits per heavy atom. The third-order valence-electron chi connectivity index (χ3n) is 4.40. The van der Waals surface area contributed by atoms with Crippen LogP contribution in [0.1, 0.15) is 17.7 Å². The van der Waals surface area contributed by atoms with Crippen molar-refractivity contribution in [1.29, 1.82) is 0 Å². The second-order valence-corrected chi connectivity index (χ2v) is 7.92. The van der Waals surface area contributed by atoms with E-state index < -0.39 is 0 Å². The van der Waals surface area contributed by atoms with E-state index in [1.807, 2.05) is 48.5 Å². The number of rotatable bonds is 4. The minimum absolute atomic E-state index is 0.132. The molecule has 0 unspecified atom stereocenters. The van der Waals surface area contributed by atoms with Crippen LogP contribution in [0.3, 0.4) is 0 Å². The molecule has 4 aromatic rings. The zero-order valence-electron chi connectivity index (χ0n) is 14.6. The Bertz CT molecular complexity index is 1100. The van der Waals surface area contributed by atoms with Crippen molar-refractivity contribution in [3.8, 4) is 11.3 Å². The molecular formula is C22H16ClFN2S. The van der Waals surface area contributed by atoms with E-state index in [-0.39, 0.29) is 11.1 Å². The molecule has 1 aromatic heterocycles. The highest BCUT2D eigenvalue weighted by Gasteiger charge is 2.16. The van der Waals surface area contributed by atoms with Crippen LogP contribution in [0.5, 0.6) is 0 Å². The maximum Gasteiger partial charge on any atom is 0.127 e. The molecule has 0 N–H and O–H groups in total. The van der Waals surface area contributed by atoms with Gasteiger partial charge in [0.15, 0.2) is 0 Å². The van der Waals surface area contributed by atoms with Gasteiger partial charge < -0.3 is 0 Å². The quantitative estimate of drug-likeness (QED) is 0.350. The van der Waals surface area contributed by atoms with Crippen LogP contribution >= 0.6 is 23.4 Å². The smallest absolute Gasteiger partial charge is 0.127 e. The number of benzene rings is 3. The topological polar surface area (TPSA) is 25.8 Å². The van der Waals surface area contributed by atoms with Crippen LogP contribution in [0.4, 0.5) is 4.39 Å². The van der Waals surface area contributed by atoms with Gasteiger partial charge in [-0.05, 0) is 42.8 Å². The van der Waals surface area contributed by atoms with E-state index in [9.17, 15) is 4.39 Å². The van der Waals surface area contributed by atoms with Crippen LogP contribution in [0.25, 0.3) is 22.0 Å². The van der Waals surface area contributed by atoms with Crippen LogP contribution < -0.4 is 0 Å². The monoisotopic (exact) mass is 394 g/mol. The predicted molar refractivity (Wildman–Crippen MR) is 111 cm³/mol. The van der Waals surface area contributed by atoms with Gasteiger partial charge in [-0.2, -0.15) is 0 Å². The summed E-state index contributed by atoms with van der Waals surface area (Å²) >= 11 is 7.97. The normalized spacial score (nSPS) is 12.3. The van der Waals surface area contributed by atoms with Crippen molar-refractivity contribution >= 4 is 34.1 Å². The number of hydrogen-bond donors (Lipinski definition) is 0. The van der Waals surface area contributed by atoms with E-state index in [4.69, 9.17) is 11.6 Å². The van der Waals surface area contributed by atoms with E-state index >= 15 is 0 Å². The van der Waals surface area contributed by atoms with Crippen LogP contribution in [0.15, 0.2) is 77.8 Å². The van der Waals surface area contributed by atoms with Crippen LogP contribution in [0.2, 0.25) is 5.02 Å². The summed E-state index contributed by atoms with van der Waals surface area (Å²) in [5.74, 6) is -0.267. The molecule has 0 bridgehead atoms. The van der Waals surface area contributed by atoms with Gasteiger partial charge in [-0.3, -0.25) is 0 Å². The molecule has 0 aliphatic rings. The highest BCUT2D eigenvalue weighted by atomic mass is 35.5. The minimum atomic E-state index is -0.267. The van der Waals surface area contributed by atoms with Crippen molar-refractivity contribution in [1.82, 2.24) is 10.2 Å². The molecule has 0 aliphatic carbocycles. The molecule has 2 nitrogen and oxygen atoms in total. The SMILES string of the molecule is C[C@H](Sc1nnc(-c2ccc(F)cc2)c2ccccc12)c1ccccc1Cl. The Kier molecular flexibility index (Phi) is 5.10. The molecule has 3 aromatic carbocycles. The molecule has 0 saturated carbocycles. The number of nitrogens with zero attached hydrogens (tertiary/aromatic N) is 2. The second kappa shape index (κ2) is 7.67. The lowest BCUT2D eigenvalue weighted by Crippen LogP contribution is -1.96. The minimum Gasteiger partial charge on any atom is -0.207 e. The van der Waals surface area contributed by atoms with E-state index in [2.05, 4.69) is 17.1 Å². The van der Waals surface area contributed by atoms with Gasteiger partial charge >= 0.3 is 0 Å². The fourth-order valence-electron chi connectivity index (χ4n) is 3.02. The van der Waals surface area contributed by atoms with Crippen molar-refractivity contribution in [3.63, 3.8) is 0 Å². The van der Waals surface area contributed by atoms with Gasteiger partial charge in [-0.15, -0.1) is 10.2 Å². The molecule has 0 radical (unpaired) electrons. The van der Waals surface area contributed by atoms with Crippen LogP contribution in [-0.4, -0.2) is 10.2 Å². The molecule has 0 saturated heterocycles. The largest absolute Gasteiger partial charge is 0.207 e. The first-order chi connectivity index (χ1) is 13.1. The van der Waals surface area contributed by atoms with E-state index in [1.165, 1.54) is 12.1 Å². The van der Waals surface area contributed by atoms with Gasteiger partial charge in [0.2, 0.25) is 0 Å². The molecule has 134 valence electrons. The maximum absolute atomic E-state index is 13.3. The fourth-order valence-corrected chi connectivity index (χ4v) is 4.45. The second-order valence-electron chi connectivity index (χ2n) is 6.19. The lowest BCUT2D eigenvalue weighted by molar-refractivity contribution is 0.628. The molecule has 1 atom stereocenters. The summed E-state index contributed by atoms with van der Waals surface area (Å²) in [4.78, 5) is 0. The van der Waals surface area contributed by atoms with Crippen LogP contribution in [-0.2, 0) is 0 Å². The Labute approximate surface area is 166 Å². The lowest BCUT2D eigenvalue weighted by Gasteiger charge is -2.14. The molecule has 5 heteroatoms. The van der Waals surface area contributed by atoms with Crippen molar-refractivity contribution < 1.29 is 4.39 Å². The van der Waals surface area contributed by atoms with E-state index in [0.29, 0.717) is 0 Å². The van der Waals surface area contributed by atoms with Crippen molar-refractivity contribution in [2.45, 2.75) is 17.2 Å². The zero-order chi connectivity index (χ0) is 18.8. The molecule has 4 rings (SSSR count). The first-order valence-electron chi connectivity index (χ1n) is 8.56. The van der Waals surface area contributed by atoms with Gasteiger partial charge in [0.05, 0.1) is 0 Å². The average molecular weight is 395 g/mol. The lowest BCUT2D eigenvalue weighted by atomic mass is 10.1. The number of hydrogen-bond acceptors (Lipinski definition) is 3. The van der Waals surface area contributed by atoms with Crippen molar-refractivity contribution in [2.24, 2.45) is 0 Å². The number of halogens is 2. The molecule has 0 spiro atoms. The first kappa shape index (κ1) is 18.0. The van der Waals surface area contributed by atoms with Gasteiger partial charge in [0.25, 0.3) is 0 Å². The van der Waals surface area contributed by atoms with E-state index in [1.54, 1.807) is 23.9 Å². The summed E-state index contributed by atoms with van der Waals surface area (Å²) in [7, 11) is 0. The highest BCUT2D eigenvalue weighted by molar-refractivity contribution is 7.99. The van der Waals surface area contributed by atoms with Gasteiger partial charge in [-0.25, -0.2) is 4.39 Å². The third kappa shape index (κ3) is 3.68. The van der Waals surface area contributed by atoms with Crippen molar-refractivity contribution in [2.75, 3.05) is 0 Å². The summed E-state index contributed by atoms with van der Waals surface area (Å²) in [5, 5.41) is 12.7. The predicted octanol–water partition coefficient (Wildman–Crippen LogP) is 6.94. The highest BCUT2D eigenvalue weighted by Crippen LogP contribution is 2.40. The molecule has 1 heterocycles. The molecule has 0 fully saturated rings. The van der Waals surface area contributed by atoms with Gasteiger partial charge in [-0.1, -0.05) is 65.8 Å².